The highest BCUT2D eigenvalue weighted by Gasteiger charge is 2.21. The number of rotatable bonds is 3. The molecular weight excluding hydrogens is 298 g/mol. The van der Waals surface area contributed by atoms with Gasteiger partial charge in [-0.05, 0) is 15.9 Å². The van der Waals surface area contributed by atoms with Crippen LogP contribution in [0.15, 0.2) is 10.7 Å². The van der Waals surface area contributed by atoms with Crippen molar-refractivity contribution in [2.24, 2.45) is 0 Å². The molecule has 1 heterocycles. The number of halogens is 3. The fraction of sp³-hybridized carbons (Fsp3) is 0.300. The lowest BCUT2D eigenvalue weighted by Gasteiger charge is -2.09. The molecule has 90 valence electrons. The number of alkyl halides is 2. The van der Waals surface area contributed by atoms with E-state index in [9.17, 15) is 13.6 Å². The van der Waals surface area contributed by atoms with Gasteiger partial charge in [-0.2, -0.15) is 5.26 Å². The van der Waals surface area contributed by atoms with Gasteiger partial charge in [0.2, 0.25) is 0 Å². The van der Waals surface area contributed by atoms with Gasteiger partial charge in [-0.15, -0.1) is 0 Å². The predicted molar refractivity (Wildman–Crippen MR) is 57.3 cm³/mol. The zero-order valence-corrected chi connectivity index (χ0v) is 10.3. The van der Waals surface area contributed by atoms with Gasteiger partial charge >= 0.3 is 5.97 Å². The smallest absolute Gasteiger partial charge is 0.311 e. The number of hydrogen-bond acceptors (Lipinski definition) is 4. The monoisotopic (exact) mass is 304 g/mol. The number of ether oxygens (including phenoxy) is 1. The first-order valence-corrected chi connectivity index (χ1v) is 5.22. The molecule has 0 fully saturated rings. The molecule has 0 aliphatic heterocycles. The number of nitrogens with zero attached hydrogens (tertiary/aromatic N) is 2. The Balaban J connectivity index is 3.24. The van der Waals surface area contributed by atoms with Gasteiger partial charge < -0.3 is 4.74 Å². The van der Waals surface area contributed by atoms with Gasteiger partial charge in [0.15, 0.2) is 0 Å². The first kappa shape index (κ1) is 13.5. The van der Waals surface area contributed by atoms with E-state index < -0.39 is 18.0 Å². The Morgan fingerprint density at radius 3 is 2.82 bits per heavy atom. The van der Waals surface area contributed by atoms with Crippen LogP contribution in [0.2, 0.25) is 0 Å². The topological polar surface area (TPSA) is 63.0 Å². The largest absolute Gasteiger partial charge is 0.469 e. The molecule has 0 radical (unpaired) electrons. The SMILES string of the molecule is COC(=O)Cc1ncc(C#N)c(C(F)F)c1Br. The number of nitriles is 1. The van der Waals surface area contributed by atoms with Gasteiger partial charge in [0.1, 0.15) is 6.07 Å². The molecule has 1 aromatic rings. The summed E-state index contributed by atoms with van der Waals surface area (Å²) in [5, 5.41) is 8.67. The van der Waals surface area contributed by atoms with Crippen LogP contribution in [0.5, 0.6) is 0 Å². The fourth-order valence-electron chi connectivity index (χ4n) is 1.18. The molecule has 0 amide bonds. The molecule has 0 bridgehead atoms. The van der Waals surface area contributed by atoms with Gasteiger partial charge in [0.25, 0.3) is 6.43 Å². The van der Waals surface area contributed by atoms with Crippen LogP contribution < -0.4 is 0 Å². The summed E-state index contributed by atoms with van der Waals surface area (Å²) in [4.78, 5) is 14.8. The van der Waals surface area contributed by atoms with Crippen LogP contribution in [0, 0.1) is 11.3 Å². The highest BCUT2D eigenvalue weighted by molar-refractivity contribution is 9.10. The lowest BCUT2D eigenvalue weighted by atomic mass is 10.1. The number of pyridine rings is 1. The normalized spacial score (nSPS) is 10.1. The molecule has 0 unspecified atom stereocenters. The van der Waals surface area contributed by atoms with Crippen LogP contribution in [-0.4, -0.2) is 18.1 Å². The molecule has 0 aliphatic carbocycles. The summed E-state index contributed by atoms with van der Waals surface area (Å²) >= 11 is 2.93. The molecule has 0 saturated heterocycles. The standard InChI is InChI=1S/C10H7BrF2N2O2/c1-17-7(16)2-6-9(11)8(10(12)13)5(3-14)4-15-6/h4,10H,2H2,1H3. The molecule has 0 spiro atoms. The predicted octanol–water partition coefficient (Wildman–Crippen LogP) is 2.37. The number of aromatic nitrogens is 1. The Bertz CT molecular complexity index is 486. The van der Waals surface area contributed by atoms with Gasteiger partial charge in [0.05, 0.1) is 30.4 Å². The first-order valence-electron chi connectivity index (χ1n) is 4.43. The number of esters is 1. The van der Waals surface area contributed by atoms with E-state index >= 15 is 0 Å². The van der Waals surface area contributed by atoms with Crippen LogP contribution >= 0.6 is 15.9 Å². The summed E-state index contributed by atoms with van der Waals surface area (Å²) in [6, 6.07) is 1.62. The second kappa shape index (κ2) is 5.68. The molecule has 4 nitrogen and oxygen atoms in total. The van der Waals surface area contributed by atoms with Gasteiger partial charge in [-0.25, -0.2) is 8.78 Å². The number of methoxy groups -OCH3 is 1. The van der Waals surface area contributed by atoms with Gasteiger partial charge in [-0.3, -0.25) is 9.78 Å². The molecule has 1 aromatic heterocycles. The molecular formula is C10H7BrF2N2O2. The van der Waals surface area contributed by atoms with E-state index in [1.807, 2.05) is 0 Å². The summed E-state index contributed by atoms with van der Waals surface area (Å²) < 4.78 is 29.9. The molecule has 1 rings (SSSR count). The third kappa shape index (κ3) is 2.97. The van der Waals surface area contributed by atoms with Crippen molar-refractivity contribution >= 4 is 21.9 Å². The number of carbonyl (C=O) groups excluding carboxylic acids is 1. The van der Waals surface area contributed by atoms with Gasteiger partial charge in [0, 0.05) is 10.7 Å². The fourth-order valence-corrected chi connectivity index (χ4v) is 1.81. The second-order valence-corrected chi connectivity index (χ2v) is 3.80. The maximum atomic E-state index is 12.7. The summed E-state index contributed by atoms with van der Waals surface area (Å²) in [6.07, 6.45) is -2.04. The van der Waals surface area contributed by atoms with Crippen LogP contribution in [0.4, 0.5) is 8.78 Å². The van der Waals surface area contributed by atoms with Crippen LogP contribution in [0.25, 0.3) is 0 Å². The van der Waals surface area contributed by atoms with E-state index in [1.54, 1.807) is 6.07 Å². The highest BCUT2D eigenvalue weighted by Crippen LogP contribution is 2.32. The van der Waals surface area contributed by atoms with Crippen LogP contribution in [-0.2, 0) is 16.0 Å². The first-order chi connectivity index (χ1) is 8.01. The van der Waals surface area contributed by atoms with E-state index in [0.717, 1.165) is 6.20 Å². The van der Waals surface area contributed by atoms with Crippen molar-refractivity contribution in [2.75, 3.05) is 7.11 Å². The van der Waals surface area contributed by atoms with Crippen molar-refractivity contribution in [3.8, 4) is 6.07 Å². The van der Waals surface area contributed by atoms with Crippen LogP contribution in [0.1, 0.15) is 23.2 Å². The van der Waals surface area contributed by atoms with Crippen molar-refractivity contribution in [3.05, 3.63) is 27.5 Å². The van der Waals surface area contributed by atoms with Crippen molar-refractivity contribution in [1.82, 2.24) is 4.98 Å². The van der Waals surface area contributed by atoms with Crippen molar-refractivity contribution in [3.63, 3.8) is 0 Å². The van der Waals surface area contributed by atoms with E-state index in [1.165, 1.54) is 7.11 Å². The Morgan fingerprint density at radius 1 is 1.71 bits per heavy atom. The minimum absolute atomic E-state index is 0.0306. The quantitative estimate of drug-likeness (QED) is 0.804. The summed E-state index contributed by atoms with van der Waals surface area (Å²) in [7, 11) is 1.19. The van der Waals surface area contributed by atoms with Crippen LogP contribution in [0.3, 0.4) is 0 Å². The molecule has 0 atom stereocenters. The number of hydrogen-bond donors (Lipinski definition) is 0. The third-order valence-electron chi connectivity index (χ3n) is 2.01. The van der Waals surface area contributed by atoms with Gasteiger partial charge in [-0.1, -0.05) is 0 Å². The van der Waals surface area contributed by atoms with E-state index in [0.29, 0.717) is 0 Å². The van der Waals surface area contributed by atoms with Crippen molar-refractivity contribution in [1.29, 1.82) is 5.26 Å². The minimum Gasteiger partial charge on any atom is -0.469 e. The Kier molecular flexibility index (Phi) is 4.52. The van der Waals surface area contributed by atoms with E-state index in [4.69, 9.17) is 5.26 Å². The Labute approximate surface area is 104 Å². The molecule has 0 aliphatic rings. The number of carbonyl (C=O) groups is 1. The summed E-state index contributed by atoms with van der Waals surface area (Å²) in [5.41, 5.74) is -0.562. The minimum atomic E-state index is -2.82. The average molecular weight is 305 g/mol. The zero-order chi connectivity index (χ0) is 13.0. The second-order valence-electron chi connectivity index (χ2n) is 3.01. The molecule has 7 heteroatoms. The zero-order valence-electron chi connectivity index (χ0n) is 8.71. The average Bonchev–Trinajstić information content (AvgIpc) is 2.30. The molecule has 0 aromatic carbocycles. The third-order valence-corrected chi connectivity index (χ3v) is 2.89. The maximum absolute atomic E-state index is 12.7. The summed E-state index contributed by atoms with van der Waals surface area (Å²) in [5.74, 6) is -0.594. The Morgan fingerprint density at radius 2 is 2.35 bits per heavy atom. The van der Waals surface area contributed by atoms with E-state index in [2.05, 4.69) is 25.7 Å². The van der Waals surface area contributed by atoms with Crippen molar-refractivity contribution in [2.45, 2.75) is 12.8 Å². The highest BCUT2D eigenvalue weighted by atomic mass is 79.9. The van der Waals surface area contributed by atoms with Crippen molar-refractivity contribution < 1.29 is 18.3 Å². The Hall–Kier alpha value is -1.55. The lowest BCUT2D eigenvalue weighted by molar-refractivity contribution is -0.139. The maximum Gasteiger partial charge on any atom is 0.311 e. The molecule has 0 saturated carbocycles. The molecule has 17 heavy (non-hydrogen) atoms. The van der Waals surface area contributed by atoms with E-state index in [-0.39, 0.29) is 22.2 Å². The lowest BCUT2D eigenvalue weighted by Crippen LogP contribution is -2.09. The molecule has 0 N–H and O–H groups in total. The summed E-state index contributed by atoms with van der Waals surface area (Å²) in [6.45, 7) is 0.